The second-order valence-electron chi connectivity index (χ2n) is 5.05. The number of nitrogens with zero attached hydrogens (tertiary/aromatic N) is 4. The van der Waals surface area contributed by atoms with Crippen LogP contribution in [0.2, 0.25) is 0 Å². The Morgan fingerprint density at radius 1 is 1.35 bits per heavy atom. The van der Waals surface area contributed by atoms with Gasteiger partial charge in [-0.05, 0) is 18.6 Å². The molecular weight excluding hydrogens is 270 g/mol. The highest BCUT2D eigenvalue weighted by molar-refractivity contribution is 7.18. The van der Waals surface area contributed by atoms with Crippen molar-refractivity contribution < 1.29 is 0 Å². The molecule has 4 rings (SSSR count). The van der Waals surface area contributed by atoms with Crippen molar-refractivity contribution in [2.45, 2.75) is 32.0 Å². The quantitative estimate of drug-likeness (QED) is 0.799. The van der Waals surface area contributed by atoms with E-state index in [0.717, 1.165) is 42.3 Å². The van der Waals surface area contributed by atoms with Crippen molar-refractivity contribution in [3.05, 3.63) is 41.4 Å². The zero-order valence-electron chi connectivity index (χ0n) is 11.0. The van der Waals surface area contributed by atoms with Gasteiger partial charge in [-0.2, -0.15) is 5.10 Å². The van der Waals surface area contributed by atoms with Crippen LogP contribution in [0.15, 0.2) is 30.6 Å². The van der Waals surface area contributed by atoms with Crippen LogP contribution >= 0.6 is 11.3 Å². The summed E-state index contributed by atoms with van der Waals surface area (Å²) in [6.45, 7) is 1.73. The van der Waals surface area contributed by atoms with Gasteiger partial charge in [-0.1, -0.05) is 12.1 Å². The first-order valence-electron chi connectivity index (χ1n) is 6.83. The highest BCUT2D eigenvalue weighted by Gasteiger charge is 2.19. The van der Waals surface area contributed by atoms with E-state index in [0.29, 0.717) is 6.04 Å². The second kappa shape index (κ2) is 4.96. The van der Waals surface area contributed by atoms with E-state index in [-0.39, 0.29) is 0 Å². The third-order valence-electron chi connectivity index (χ3n) is 3.69. The Balaban J connectivity index is 1.43. The molecule has 1 N–H and O–H groups in total. The van der Waals surface area contributed by atoms with E-state index < -0.39 is 0 Å². The Hall–Kier alpha value is -1.79. The Kier molecular flexibility index (Phi) is 2.97. The molecule has 102 valence electrons. The van der Waals surface area contributed by atoms with Gasteiger partial charge in [0.25, 0.3) is 0 Å². The van der Waals surface area contributed by atoms with Crippen LogP contribution in [0.4, 0.5) is 0 Å². The van der Waals surface area contributed by atoms with Gasteiger partial charge >= 0.3 is 0 Å². The minimum Gasteiger partial charge on any atom is -0.306 e. The minimum absolute atomic E-state index is 0.455. The number of aryl methyl sites for hydroxylation is 1. The van der Waals surface area contributed by atoms with Gasteiger partial charge in [0.2, 0.25) is 0 Å². The Labute approximate surface area is 120 Å². The van der Waals surface area contributed by atoms with Crippen molar-refractivity contribution in [3.8, 4) is 0 Å². The maximum Gasteiger partial charge on any atom is 0.138 e. The predicted molar refractivity (Wildman–Crippen MR) is 78.6 cm³/mol. The fourth-order valence-corrected chi connectivity index (χ4v) is 3.55. The Morgan fingerprint density at radius 2 is 2.30 bits per heavy atom. The molecule has 0 fully saturated rings. The van der Waals surface area contributed by atoms with Crippen LogP contribution in [0, 0.1) is 0 Å². The Bertz CT molecular complexity index is 699. The predicted octanol–water partition coefficient (Wildman–Crippen LogP) is 1.99. The molecular formula is C14H15N5S. The third kappa shape index (κ3) is 2.21. The third-order valence-corrected chi connectivity index (χ3v) is 4.72. The minimum atomic E-state index is 0.455. The number of rotatable bonds is 3. The number of hydrogen-bond acceptors (Lipinski definition) is 5. The first-order chi connectivity index (χ1) is 9.88. The molecule has 3 aromatic rings. The molecule has 5 nitrogen and oxygen atoms in total. The van der Waals surface area contributed by atoms with Crippen LogP contribution < -0.4 is 5.32 Å². The van der Waals surface area contributed by atoms with Crippen LogP contribution in [0.1, 0.15) is 17.3 Å². The van der Waals surface area contributed by atoms with E-state index in [9.17, 15) is 0 Å². The number of aromatic nitrogens is 4. The van der Waals surface area contributed by atoms with Crippen molar-refractivity contribution in [1.82, 2.24) is 25.1 Å². The van der Waals surface area contributed by atoms with Gasteiger partial charge in [0.15, 0.2) is 0 Å². The molecule has 1 aliphatic rings. The molecule has 0 saturated heterocycles. The molecule has 0 spiro atoms. The molecule has 0 bridgehead atoms. The average molecular weight is 285 g/mol. The smallest absolute Gasteiger partial charge is 0.138 e. The van der Waals surface area contributed by atoms with Crippen LogP contribution in [0.5, 0.6) is 0 Å². The number of thiazole rings is 1. The fourth-order valence-electron chi connectivity index (χ4n) is 2.63. The van der Waals surface area contributed by atoms with Crippen molar-refractivity contribution in [2.24, 2.45) is 0 Å². The van der Waals surface area contributed by atoms with E-state index >= 15 is 0 Å². The lowest BCUT2D eigenvalue weighted by molar-refractivity contribution is 0.358. The van der Waals surface area contributed by atoms with Gasteiger partial charge in [0.05, 0.1) is 16.8 Å². The van der Waals surface area contributed by atoms with Gasteiger partial charge in [-0.3, -0.25) is 0 Å². The summed E-state index contributed by atoms with van der Waals surface area (Å²) in [7, 11) is 0. The zero-order chi connectivity index (χ0) is 13.4. The highest BCUT2D eigenvalue weighted by atomic mass is 32.1. The maximum atomic E-state index is 4.65. The molecule has 0 aliphatic carbocycles. The van der Waals surface area contributed by atoms with Gasteiger partial charge in [-0.15, -0.1) is 11.3 Å². The number of benzene rings is 1. The molecule has 1 atom stereocenters. The summed E-state index contributed by atoms with van der Waals surface area (Å²) in [5, 5.41) is 8.99. The largest absolute Gasteiger partial charge is 0.306 e. The lowest BCUT2D eigenvalue weighted by atomic mass is 10.1. The van der Waals surface area contributed by atoms with Crippen molar-refractivity contribution in [3.63, 3.8) is 0 Å². The van der Waals surface area contributed by atoms with Crippen molar-refractivity contribution >= 4 is 21.6 Å². The topological polar surface area (TPSA) is 55.6 Å². The molecule has 0 amide bonds. The second-order valence-corrected chi connectivity index (χ2v) is 6.17. The normalized spacial score (nSPS) is 18.3. The fraction of sp³-hybridized carbons (Fsp3) is 0.357. The summed E-state index contributed by atoms with van der Waals surface area (Å²) in [4.78, 5) is 8.90. The van der Waals surface area contributed by atoms with E-state index in [1.165, 1.54) is 4.70 Å². The molecule has 0 unspecified atom stereocenters. The van der Waals surface area contributed by atoms with Gasteiger partial charge in [-0.25, -0.2) is 14.6 Å². The van der Waals surface area contributed by atoms with Crippen LogP contribution in [-0.2, 0) is 19.5 Å². The van der Waals surface area contributed by atoms with E-state index in [1.54, 1.807) is 17.7 Å². The average Bonchev–Trinajstić information content (AvgIpc) is 3.10. The van der Waals surface area contributed by atoms with Crippen molar-refractivity contribution in [1.29, 1.82) is 0 Å². The van der Waals surface area contributed by atoms with Crippen molar-refractivity contribution in [2.75, 3.05) is 0 Å². The summed E-state index contributed by atoms with van der Waals surface area (Å²) >= 11 is 1.76. The molecule has 0 radical (unpaired) electrons. The number of fused-ring (bicyclic) bond motifs is 2. The lowest BCUT2D eigenvalue weighted by Gasteiger charge is -2.23. The molecule has 1 aromatic carbocycles. The number of para-hydroxylation sites is 1. The summed E-state index contributed by atoms with van der Waals surface area (Å²) in [5.74, 6) is 1.10. The van der Waals surface area contributed by atoms with Crippen LogP contribution in [0.25, 0.3) is 10.2 Å². The summed E-state index contributed by atoms with van der Waals surface area (Å²) in [6.07, 6.45) is 3.76. The van der Waals surface area contributed by atoms with Gasteiger partial charge in [0.1, 0.15) is 17.2 Å². The standard InChI is InChI=1S/C14H15N5S/c1-2-4-12-11(3-1)18-14(20-12)7-15-10-5-6-13-16-9-17-19(13)8-10/h1-4,9-10,15H,5-8H2/t10-/m1/s1. The molecule has 6 heteroatoms. The van der Waals surface area contributed by atoms with Gasteiger partial charge in [0, 0.05) is 19.0 Å². The number of nitrogens with one attached hydrogen (secondary N) is 1. The summed E-state index contributed by atoms with van der Waals surface area (Å²) in [6, 6.07) is 8.74. The lowest BCUT2D eigenvalue weighted by Crippen LogP contribution is -2.37. The highest BCUT2D eigenvalue weighted by Crippen LogP contribution is 2.21. The van der Waals surface area contributed by atoms with E-state index in [1.807, 2.05) is 10.7 Å². The first-order valence-corrected chi connectivity index (χ1v) is 7.64. The summed E-state index contributed by atoms with van der Waals surface area (Å²) < 4.78 is 3.26. The molecule has 2 aromatic heterocycles. The van der Waals surface area contributed by atoms with Crippen LogP contribution in [-0.4, -0.2) is 25.8 Å². The maximum absolute atomic E-state index is 4.65. The van der Waals surface area contributed by atoms with E-state index in [4.69, 9.17) is 0 Å². The number of hydrogen-bond donors (Lipinski definition) is 1. The van der Waals surface area contributed by atoms with Crippen LogP contribution in [0.3, 0.4) is 0 Å². The molecule has 20 heavy (non-hydrogen) atoms. The molecule has 0 saturated carbocycles. The SMILES string of the molecule is c1ccc2sc(CN[C@@H]3CCc4ncnn4C3)nc2c1. The Morgan fingerprint density at radius 3 is 3.25 bits per heavy atom. The molecule has 3 heterocycles. The van der Waals surface area contributed by atoms with E-state index in [2.05, 4.69) is 38.6 Å². The zero-order valence-corrected chi connectivity index (χ0v) is 11.8. The first kappa shape index (κ1) is 12.0. The van der Waals surface area contributed by atoms with Gasteiger partial charge < -0.3 is 5.32 Å². The monoisotopic (exact) mass is 285 g/mol. The molecule has 1 aliphatic heterocycles. The summed E-state index contributed by atoms with van der Waals surface area (Å²) in [5.41, 5.74) is 1.09.